The van der Waals surface area contributed by atoms with Crippen molar-refractivity contribution in [3.05, 3.63) is 53.6 Å². The fraction of sp³-hybridized carbons (Fsp3) is 0.538. The molecule has 1 heterocycles. The number of hydrogen-bond acceptors (Lipinski definition) is 4. The molecule has 0 fully saturated rings. The van der Waals surface area contributed by atoms with Gasteiger partial charge in [0.15, 0.2) is 5.82 Å². The lowest BCUT2D eigenvalue weighted by molar-refractivity contribution is -0.127. The number of benzene rings is 1. The Hall–Kier alpha value is -2.59. The van der Waals surface area contributed by atoms with Crippen LogP contribution in [-0.4, -0.2) is 71.9 Å². The minimum absolute atomic E-state index is 0.0638. The first kappa shape index (κ1) is 29.6. The Bertz CT molecular complexity index is 1010. The van der Waals surface area contributed by atoms with Gasteiger partial charge in [-0.1, -0.05) is 6.92 Å². The van der Waals surface area contributed by atoms with Gasteiger partial charge < -0.3 is 15.1 Å². The third-order valence-corrected chi connectivity index (χ3v) is 6.57. The summed E-state index contributed by atoms with van der Waals surface area (Å²) in [7, 11) is 3.66. The van der Waals surface area contributed by atoms with E-state index >= 15 is 4.39 Å². The van der Waals surface area contributed by atoms with Crippen molar-refractivity contribution in [2.75, 3.05) is 27.2 Å². The molecule has 1 N–H and O–H groups in total. The lowest BCUT2D eigenvalue weighted by Gasteiger charge is -2.37. The van der Waals surface area contributed by atoms with Gasteiger partial charge in [-0.05, 0) is 58.6 Å². The van der Waals surface area contributed by atoms with Crippen LogP contribution in [0.5, 0.6) is 0 Å². The summed E-state index contributed by atoms with van der Waals surface area (Å²) in [5.41, 5.74) is -0.525. The van der Waals surface area contributed by atoms with Crippen molar-refractivity contribution in [3.8, 4) is 11.1 Å². The molecule has 10 heteroatoms. The maximum absolute atomic E-state index is 15.1. The van der Waals surface area contributed by atoms with E-state index in [4.69, 9.17) is 0 Å². The highest BCUT2D eigenvalue weighted by Crippen LogP contribution is 2.28. The van der Waals surface area contributed by atoms with Crippen LogP contribution in [0.2, 0.25) is 0 Å². The van der Waals surface area contributed by atoms with E-state index in [0.29, 0.717) is 25.2 Å². The van der Waals surface area contributed by atoms with E-state index in [1.165, 1.54) is 19.2 Å². The zero-order valence-corrected chi connectivity index (χ0v) is 21.6. The molecule has 5 nitrogen and oxygen atoms in total. The van der Waals surface area contributed by atoms with Crippen LogP contribution in [0.3, 0.4) is 0 Å². The Kier molecular flexibility index (Phi) is 10.4. The number of carbonyl (C=O) groups excluding carboxylic acids is 1. The first-order valence-electron chi connectivity index (χ1n) is 11.9. The fourth-order valence-electron chi connectivity index (χ4n) is 3.75. The lowest BCUT2D eigenvalue weighted by Crippen LogP contribution is -2.58. The first-order chi connectivity index (χ1) is 16.8. The minimum Gasteiger partial charge on any atom is -0.345 e. The summed E-state index contributed by atoms with van der Waals surface area (Å²) in [5, 5.41) is 2.38. The number of rotatable bonds is 12. The van der Waals surface area contributed by atoms with Gasteiger partial charge in [-0.2, -0.15) is 0 Å². The second-order valence-electron chi connectivity index (χ2n) is 9.41. The molecule has 0 radical (unpaired) electrons. The third kappa shape index (κ3) is 7.70. The summed E-state index contributed by atoms with van der Waals surface area (Å²) in [6.45, 7) is 8.17. The Labute approximate surface area is 209 Å². The molecule has 1 amide bonds. The number of hydrogen-bond donors (Lipinski definition) is 1. The average molecular weight is 515 g/mol. The van der Waals surface area contributed by atoms with E-state index in [1.807, 2.05) is 20.9 Å². The van der Waals surface area contributed by atoms with E-state index in [9.17, 15) is 22.4 Å². The number of halogens is 5. The van der Waals surface area contributed by atoms with Crippen LogP contribution in [0.4, 0.5) is 22.0 Å². The highest BCUT2D eigenvalue weighted by Gasteiger charge is 2.43. The number of nitrogens with one attached hydrogen (secondary N) is 1. The summed E-state index contributed by atoms with van der Waals surface area (Å²) in [4.78, 5) is 20.5. The zero-order chi connectivity index (χ0) is 27.2. The largest absolute Gasteiger partial charge is 0.345 e. The zero-order valence-electron chi connectivity index (χ0n) is 21.6. The smallest absolute Gasteiger partial charge is 0.269 e. The third-order valence-electron chi connectivity index (χ3n) is 6.57. The predicted octanol–water partition coefficient (Wildman–Crippen LogP) is 4.90. The van der Waals surface area contributed by atoms with E-state index in [-0.39, 0.29) is 16.8 Å². The molecular weight excluding hydrogens is 479 g/mol. The Morgan fingerprint density at radius 1 is 1.03 bits per heavy atom. The van der Waals surface area contributed by atoms with Crippen LogP contribution in [-0.2, 0) is 11.2 Å². The molecule has 0 bridgehead atoms. The second kappa shape index (κ2) is 12.6. The quantitative estimate of drug-likeness (QED) is 0.410. The van der Waals surface area contributed by atoms with E-state index in [0.717, 1.165) is 12.1 Å². The maximum atomic E-state index is 15.1. The first-order valence-corrected chi connectivity index (χ1v) is 11.9. The van der Waals surface area contributed by atoms with Gasteiger partial charge in [-0.25, -0.2) is 22.0 Å². The van der Waals surface area contributed by atoms with Crippen molar-refractivity contribution in [1.82, 2.24) is 20.1 Å². The molecule has 200 valence electrons. The molecule has 1 aromatic carbocycles. The summed E-state index contributed by atoms with van der Waals surface area (Å²) >= 11 is 0. The monoisotopic (exact) mass is 514 g/mol. The number of pyridine rings is 1. The molecule has 0 aliphatic carbocycles. The van der Waals surface area contributed by atoms with Crippen molar-refractivity contribution in [3.63, 3.8) is 0 Å². The van der Waals surface area contributed by atoms with Crippen LogP contribution in [0, 0.1) is 17.5 Å². The summed E-state index contributed by atoms with van der Waals surface area (Å²) in [6.07, 6.45) is 0.0964. The van der Waals surface area contributed by atoms with Crippen molar-refractivity contribution < 1.29 is 26.7 Å². The van der Waals surface area contributed by atoms with Crippen LogP contribution in [0.1, 0.15) is 39.8 Å². The van der Waals surface area contributed by atoms with Gasteiger partial charge in [-0.15, -0.1) is 0 Å². The number of alkyl halides is 2. The summed E-state index contributed by atoms with van der Waals surface area (Å²) < 4.78 is 72.1. The molecule has 2 atom stereocenters. The van der Waals surface area contributed by atoms with Crippen LogP contribution in [0.15, 0.2) is 30.5 Å². The SMILES string of the molecule is CCC(F)(F)[C@H](NC(=O)Cc1nccc(-c2cc(F)cc(F)c2)c1F)[C@H](C)N(C)CCN(C)C(C)C. The Morgan fingerprint density at radius 3 is 2.17 bits per heavy atom. The van der Waals surface area contributed by atoms with Gasteiger partial charge >= 0.3 is 0 Å². The summed E-state index contributed by atoms with van der Waals surface area (Å²) in [5.74, 6) is -6.76. The molecule has 0 spiro atoms. The number of likely N-dealkylation sites (N-methyl/N-ethyl adjacent to an activating group) is 2. The standard InChI is InChI=1S/C26H35F5N4O/c1-7-26(30,31)25(17(4)35(6)11-10-34(5)16(2)3)33-23(36)15-22-24(29)21(8-9-32-22)18-12-19(27)14-20(28)13-18/h8-9,12-14,16-17,25H,7,10-11,15H2,1-6H3,(H,33,36)/t17-,25+/m0/s1. The minimum atomic E-state index is -3.21. The molecule has 0 unspecified atom stereocenters. The van der Waals surface area contributed by atoms with Crippen molar-refractivity contribution in [2.45, 2.75) is 64.6 Å². The molecule has 0 aliphatic heterocycles. The van der Waals surface area contributed by atoms with Gasteiger partial charge in [-0.3, -0.25) is 9.78 Å². The van der Waals surface area contributed by atoms with Crippen molar-refractivity contribution in [1.29, 1.82) is 0 Å². The predicted molar refractivity (Wildman–Crippen MR) is 130 cm³/mol. The van der Waals surface area contributed by atoms with Crippen LogP contribution < -0.4 is 5.32 Å². The highest BCUT2D eigenvalue weighted by atomic mass is 19.3. The van der Waals surface area contributed by atoms with E-state index in [1.54, 1.807) is 18.9 Å². The maximum Gasteiger partial charge on any atom is 0.269 e. The molecule has 1 aromatic heterocycles. The van der Waals surface area contributed by atoms with Gasteiger partial charge in [0.1, 0.15) is 17.7 Å². The fourth-order valence-corrected chi connectivity index (χ4v) is 3.75. The molecule has 2 rings (SSSR count). The average Bonchev–Trinajstić information content (AvgIpc) is 2.80. The molecule has 36 heavy (non-hydrogen) atoms. The molecule has 0 aliphatic rings. The number of nitrogens with zero attached hydrogens (tertiary/aromatic N) is 3. The topological polar surface area (TPSA) is 48.5 Å². The van der Waals surface area contributed by atoms with Crippen molar-refractivity contribution in [2.24, 2.45) is 0 Å². The molecule has 0 saturated carbocycles. The van der Waals surface area contributed by atoms with Gasteiger partial charge in [0.2, 0.25) is 5.91 Å². The Balaban J connectivity index is 2.21. The second-order valence-corrected chi connectivity index (χ2v) is 9.41. The highest BCUT2D eigenvalue weighted by molar-refractivity contribution is 5.79. The van der Waals surface area contributed by atoms with Gasteiger partial charge in [0, 0.05) is 49.4 Å². The van der Waals surface area contributed by atoms with E-state index in [2.05, 4.69) is 15.2 Å². The molecular formula is C26H35F5N4O. The molecule has 2 aromatic rings. The van der Waals surface area contributed by atoms with Gasteiger partial charge in [0.05, 0.1) is 12.1 Å². The normalized spacial score (nSPS) is 13.9. The number of amides is 1. The molecule has 0 saturated heterocycles. The summed E-state index contributed by atoms with van der Waals surface area (Å²) in [6, 6.07) is 1.85. The van der Waals surface area contributed by atoms with Crippen LogP contribution >= 0.6 is 0 Å². The van der Waals surface area contributed by atoms with E-state index < -0.39 is 54.2 Å². The van der Waals surface area contributed by atoms with Gasteiger partial charge in [0.25, 0.3) is 5.92 Å². The number of carbonyl (C=O) groups is 1. The van der Waals surface area contributed by atoms with Crippen molar-refractivity contribution >= 4 is 5.91 Å². The number of aromatic nitrogens is 1. The Morgan fingerprint density at radius 2 is 1.61 bits per heavy atom. The lowest BCUT2D eigenvalue weighted by atomic mass is 9.98. The van der Waals surface area contributed by atoms with Crippen LogP contribution in [0.25, 0.3) is 11.1 Å².